The van der Waals surface area contributed by atoms with Gasteiger partial charge in [-0.2, -0.15) is 0 Å². The van der Waals surface area contributed by atoms with E-state index in [1.165, 1.54) is 24.8 Å². The smallest absolute Gasteiger partial charge is 0.133 e. The molecule has 0 aliphatic carbocycles. The Labute approximate surface area is 119 Å². The van der Waals surface area contributed by atoms with E-state index in [1.807, 2.05) is 13.1 Å². The van der Waals surface area contributed by atoms with E-state index in [-0.39, 0.29) is 0 Å². The van der Waals surface area contributed by atoms with E-state index in [2.05, 4.69) is 47.2 Å². The average Bonchev–Trinajstić information content (AvgIpc) is 2.34. The fourth-order valence-electron chi connectivity index (χ4n) is 2.11. The molecule has 18 heavy (non-hydrogen) atoms. The average molecular weight is 314 g/mol. The van der Waals surface area contributed by atoms with E-state index >= 15 is 0 Å². The van der Waals surface area contributed by atoms with Crippen molar-refractivity contribution in [2.75, 3.05) is 14.2 Å². The minimum Gasteiger partial charge on any atom is -0.496 e. The fraction of sp³-hybridized carbons (Fsp3) is 0.600. The molecule has 0 bridgehead atoms. The molecule has 0 heterocycles. The van der Waals surface area contributed by atoms with E-state index in [9.17, 15) is 0 Å². The van der Waals surface area contributed by atoms with Gasteiger partial charge in [0.15, 0.2) is 0 Å². The van der Waals surface area contributed by atoms with Gasteiger partial charge < -0.3 is 10.1 Å². The lowest BCUT2D eigenvalue weighted by Gasteiger charge is -2.18. The molecule has 0 spiro atoms. The number of rotatable bonds is 7. The molecule has 1 aromatic carbocycles. The van der Waals surface area contributed by atoms with E-state index in [0.29, 0.717) is 6.04 Å². The molecule has 1 rings (SSSR count). The Morgan fingerprint density at radius 1 is 1.28 bits per heavy atom. The lowest BCUT2D eigenvalue weighted by molar-refractivity contribution is 0.411. The summed E-state index contributed by atoms with van der Waals surface area (Å²) in [7, 11) is 3.72. The van der Waals surface area contributed by atoms with Crippen LogP contribution in [-0.2, 0) is 0 Å². The van der Waals surface area contributed by atoms with Gasteiger partial charge in [0.25, 0.3) is 0 Å². The highest BCUT2D eigenvalue weighted by Gasteiger charge is 2.11. The van der Waals surface area contributed by atoms with E-state index in [0.717, 1.165) is 16.1 Å². The molecule has 0 aliphatic heterocycles. The van der Waals surface area contributed by atoms with Crippen molar-refractivity contribution in [2.45, 2.75) is 39.2 Å². The second-order valence-electron chi connectivity index (χ2n) is 5.06. The molecule has 0 aromatic heterocycles. The molecule has 102 valence electrons. The maximum absolute atomic E-state index is 5.26. The molecule has 3 heteroatoms. The highest BCUT2D eigenvalue weighted by molar-refractivity contribution is 9.10. The lowest BCUT2D eigenvalue weighted by atomic mass is 9.98. The normalized spacial score (nSPS) is 12.8. The minimum absolute atomic E-state index is 0.422. The molecule has 0 amide bonds. The van der Waals surface area contributed by atoms with Crippen molar-refractivity contribution >= 4 is 15.9 Å². The molecular weight excluding hydrogens is 290 g/mol. The summed E-state index contributed by atoms with van der Waals surface area (Å²) < 4.78 is 6.28. The number of halogens is 1. The topological polar surface area (TPSA) is 21.3 Å². The standard InChI is InChI=1S/C15H24BrNO/c1-11(2)6-5-7-14(17-3)12-8-9-15(18-4)13(16)10-12/h8-11,14,17H,5-7H2,1-4H3. The van der Waals surface area contributed by atoms with Crippen molar-refractivity contribution in [3.63, 3.8) is 0 Å². The molecule has 0 fully saturated rings. The maximum Gasteiger partial charge on any atom is 0.133 e. The molecular formula is C15H24BrNO. The molecule has 1 aromatic rings. The van der Waals surface area contributed by atoms with Gasteiger partial charge in [-0.05, 0) is 53.0 Å². The zero-order valence-corrected chi connectivity index (χ0v) is 13.4. The van der Waals surface area contributed by atoms with Gasteiger partial charge in [-0.3, -0.25) is 0 Å². The Morgan fingerprint density at radius 2 is 2.00 bits per heavy atom. The van der Waals surface area contributed by atoms with Gasteiger partial charge in [0.05, 0.1) is 11.6 Å². The van der Waals surface area contributed by atoms with Gasteiger partial charge >= 0.3 is 0 Å². The van der Waals surface area contributed by atoms with E-state index in [1.54, 1.807) is 7.11 Å². The lowest BCUT2D eigenvalue weighted by Crippen LogP contribution is -2.16. The third-order valence-electron chi connectivity index (χ3n) is 3.20. The monoisotopic (exact) mass is 313 g/mol. The third-order valence-corrected chi connectivity index (χ3v) is 3.82. The predicted molar refractivity (Wildman–Crippen MR) is 81.2 cm³/mol. The zero-order valence-electron chi connectivity index (χ0n) is 11.8. The Balaban J connectivity index is 2.67. The number of methoxy groups -OCH3 is 1. The van der Waals surface area contributed by atoms with Gasteiger partial charge in [-0.1, -0.05) is 32.8 Å². The SMILES string of the molecule is CNC(CCCC(C)C)c1ccc(OC)c(Br)c1. The molecule has 0 radical (unpaired) electrons. The highest BCUT2D eigenvalue weighted by atomic mass is 79.9. The largest absolute Gasteiger partial charge is 0.496 e. The van der Waals surface area contributed by atoms with Crippen LogP contribution in [0.4, 0.5) is 0 Å². The molecule has 0 saturated carbocycles. The summed E-state index contributed by atoms with van der Waals surface area (Å²) in [5.41, 5.74) is 1.31. The van der Waals surface area contributed by atoms with Crippen LogP contribution in [0.2, 0.25) is 0 Å². The summed E-state index contributed by atoms with van der Waals surface area (Å²) in [5.74, 6) is 1.67. The van der Waals surface area contributed by atoms with Crippen LogP contribution in [0.1, 0.15) is 44.7 Å². The quantitative estimate of drug-likeness (QED) is 0.797. The number of benzene rings is 1. The Hall–Kier alpha value is -0.540. The van der Waals surface area contributed by atoms with Crippen molar-refractivity contribution in [3.05, 3.63) is 28.2 Å². The summed E-state index contributed by atoms with van der Waals surface area (Å²) in [6, 6.07) is 6.73. The first-order chi connectivity index (χ1) is 8.58. The molecule has 1 unspecified atom stereocenters. The van der Waals surface area contributed by atoms with Crippen LogP contribution < -0.4 is 10.1 Å². The van der Waals surface area contributed by atoms with Gasteiger partial charge in [-0.15, -0.1) is 0 Å². The summed E-state index contributed by atoms with van der Waals surface area (Å²) in [4.78, 5) is 0. The molecule has 0 aliphatic rings. The van der Waals surface area contributed by atoms with E-state index in [4.69, 9.17) is 4.74 Å². The highest BCUT2D eigenvalue weighted by Crippen LogP contribution is 2.29. The van der Waals surface area contributed by atoms with Gasteiger partial charge in [0.2, 0.25) is 0 Å². The van der Waals surface area contributed by atoms with Crippen LogP contribution in [0.15, 0.2) is 22.7 Å². The number of hydrogen-bond donors (Lipinski definition) is 1. The molecule has 0 saturated heterocycles. The second kappa shape index (κ2) is 7.80. The van der Waals surface area contributed by atoms with Crippen LogP contribution in [0.3, 0.4) is 0 Å². The summed E-state index contributed by atoms with van der Waals surface area (Å²) >= 11 is 3.54. The minimum atomic E-state index is 0.422. The Morgan fingerprint density at radius 3 is 2.50 bits per heavy atom. The van der Waals surface area contributed by atoms with Crippen molar-refractivity contribution in [3.8, 4) is 5.75 Å². The first kappa shape index (κ1) is 15.5. The number of hydrogen-bond acceptors (Lipinski definition) is 2. The van der Waals surface area contributed by atoms with Crippen molar-refractivity contribution < 1.29 is 4.74 Å². The van der Waals surface area contributed by atoms with Crippen LogP contribution >= 0.6 is 15.9 Å². The van der Waals surface area contributed by atoms with Crippen molar-refractivity contribution in [1.29, 1.82) is 0 Å². The first-order valence-corrected chi connectivity index (χ1v) is 7.38. The first-order valence-electron chi connectivity index (χ1n) is 6.59. The molecule has 2 nitrogen and oxygen atoms in total. The van der Waals surface area contributed by atoms with Crippen LogP contribution in [0.25, 0.3) is 0 Å². The third kappa shape index (κ3) is 4.62. The summed E-state index contributed by atoms with van der Waals surface area (Å²) in [5, 5.41) is 3.40. The Kier molecular flexibility index (Phi) is 6.72. The van der Waals surface area contributed by atoms with Crippen molar-refractivity contribution in [1.82, 2.24) is 5.32 Å². The van der Waals surface area contributed by atoms with Gasteiger partial charge in [-0.25, -0.2) is 0 Å². The number of nitrogens with one attached hydrogen (secondary N) is 1. The van der Waals surface area contributed by atoms with Crippen LogP contribution in [0.5, 0.6) is 5.75 Å². The molecule has 1 N–H and O–H groups in total. The maximum atomic E-state index is 5.26. The summed E-state index contributed by atoms with van der Waals surface area (Å²) in [6.45, 7) is 4.55. The fourth-order valence-corrected chi connectivity index (χ4v) is 2.67. The second-order valence-corrected chi connectivity index (χ2v) is 5.91. The zero-order chi connectivity index (χ0) is 13.5. The summed E-state index contributed by atoms with van der Waals surface area (Å²) in [6.07, 6.45) is 3.72. The van der Waals surface area contributed by atoms with Crippen molar-refractivity contribution in [2.24, 2.45) is 5.92 Å². The van der Waals surface area contributed by atoms with Gasteiger partial charge in [0, 0.05) is 6.04 Å². The number of ether oxygens (including phenoxy) is 1. The van der Waals surface area contributed by atoms with Gasteiger partial charge in [0.1, 0.15) is 5.75 Å². The predicted octanol–water partition coefficient (Wildman–Crippen LogP) is 4.54. The molecule has 1 atom stereocenters. The van der Waals surface area contributed by atoms with E-state index < -0.39 is 0 Å². The Bertz CT molecular complexity index is 366. The van der Waals surface area contributed by atoms with Crippen LogP contribution in [0, 0.1) is 5.92 Å². The van der Waals surface area contributed by atoms with Crippen LogP contribution in [-0.4, -0.2) is 14.2 Å².